The van der Waals surface area contributed by atoms with Crippen molar-refractivity contribution in [2.75, 3.05) is 26.2 Å². The maximum absolute atomic E-state index is 13.1. The zero-order chi connectivity index (χ0) is 16.8. The van der Waals surface area contributed by atoms with Gasteiger partial charge in [0.15, 0.2) is 0 Å². The fourth-order valence-electron chi connectivity index (χ4n) is 3.35. The molecule has 6 nitrogen and oxygen atoms in total. The number of fused-ring (bicyclic) bond motifs is 2. The van der Waals surface area contributed by atoms with Crippen molar-refractivity contribution in [3.05, 3.63) is 40.5 Å². The van der Waals surface area contributed by atoms with Crippen molar-refractivity contribution in [2.24, 2.45) is 0 Å². The minimum Gasteiger partial charge on any atom is -0.447 e. The van der Waals surface area contributed by atoms with Gasteiger partial charge in [-0.05, 0) is 31.2 Å². The first-order valence-corrected chi connectivity index (χ1v) is 8.20. The predicted octanol–water partition coefficient (Wildman–Crippen LogP) is 2.47. The molecule has 124 valence electrons. The standard InChI is InChI=1S/C17H16ClN3O3/c1-10-6-14(13-7-11(18)2-3-15(13)19-10)16(22)20-4-5-21-12(8-20)9-24-17(21)23/h2-3,6-7,12H,4-5,8-9H2,1H3. The number of cyclic esters (lactones) is 1. The van der Waals surface area contributed by atoms with Crippen molar-refractivity contribution < 1.29 is 14.3 Å². The van der Waals surface area contributed by atoms with Gasteiger partial charge in [0.25, 0.3) is 5.91 Å². The largest absolute Gasteiger partial charge is 0.447 e. The molecule has 2 fully saturated rings. The van der Waals surface area contributed by atoms with E-state index in [0.717, 1.165) is 16.6 Å². The van der Waals surface area contributed by atoms with Crippen LogP contribution >= 0.6 is 11.6 Å². The first kappa shape index (κ1) is 15.2. The van der Waals surface area contributed by atoms with Crippen LogP contribution in [0.3, 0.4) is 0 Å². The van der Waals surface area contributed by atoms with Gasteiger partial charge in [-0.2, -0.15) is 0 Å². The van der Waals surface area contributed by atoms with Crippen LogP contribution in [0.15, 0.2) is 24.3 Å². The molecule has 2 aromatic rings. The minimum atomic E-state index is -0.288. The molecule has 2 aliphatic heterocycles. The summed E-state index contributed by atoms with van der Waals surface area (Å²) in [5.41, 5.74) is 2.13. The molecule has 2 aliphatic rings. The summed E-state index contributed by atoms with van der Waals surface area (Å²) in [4.78, 5) is 32.6. The summed E-state index contributed by atoms with van der Waals surface area (Å²) in [6.45, 7) is 3.68. The van der Waals surface area contributed by atoms with Gasteiger partial charge in [0.05, 0.1) is 17.1 Å². The molecule has 0 saturated carbocycles. The van der Waals surface area contributed by atoms with E-state index in [1.54, 1.807) is 28.0 Å². The summed E-state index contributed by atoms with van der Waals surface area (Å²) in [5.74, 6) is -0.0632. The van der Waals surface area contributed by atoms with Crippen LogP contribution in [0.25, 0.3) is 10.9 Å². The van der Waals surface area contributed by atoms with Crippen LogP contribution in [0.2, 0.25) is 5.02 Å². The van der Waals surface area contributed by atoms with Gasteiger partial charge < -0.3 is 9.64 Å². The van der Waals surface area contributed by atoms with Gasteiger partial charge in [-0.1, -0.05) is 11.6 Å². The highest BCUT2D eigenvalue weighted by Gasteiger charge is 2.39. The van der Waals surface area contributed by atoms with Gasteiger partial charge in [0.1, 0.15) is 6.61 Å². The van der Waals surface area contributed by atoms with Crippen LogP contribution in [0, 0.1) is 6.92 Å². The smallest absolute Gasteiger partial charge is 0.410 e. The van der Waals surface area contributed by atoms with Crippen molar-refractivity contribution in [1.29, 1.82) is 0 Å². The fraction of sp³-hybridized carbons (Fsp3) is 0.353. The zero-order valence-corrected chi connectivity index (χ0v) is 13.9. The molecule has 4 rings (SSSR count). The molecule has 3 heterocycles. The topological polar surface area (TPSA) is 62.7 Å². The average Bonchev–Trinajstić information content (AvgIpc) is 2.94. The third-order valence-electron chi connectivity index (χ3n) is 4.53. The monoisotopic (exact) mass is 345 g/mol. The highest BCUT2D eigenvalue weighted by Crippen LogP contribution is 2.25. The molecule has 0 bridgehead atoms. The van der Waals surface area contributed by atoms with E-state index in [1.807, 2.05) is 13.0 Å². The second-order valence-corrected chi connectivity index (χ2v) is 6.58. The first-order valence-electron chi connectivity index (χ1n) is 7.82. The second-order valence-electron chi connectivity index (χ2n) is 6.15. The third-order valence-corrected chi connectivity index (χ3v) is 4.77. The van der Waals surface area contributed by atoms with Crippen LogP contribution in [0.1, 0.15) is 16.1 Å². The number of benzene rings is 1. The number of piperazine rings is 1. The number of rotatable bonds is 1. The number of halogens is 1. The highest BCUT2D eigenvalue weighted by molar-refractivity contribution is 6.31. The van der Waals surface area contributed by atoms with Crippen LogP contribution in [0.5, 0.6) is 0 Å². The van der Waals surface area contributed by atoms with E-state index in [2.05, 4.69) is 4.98 Å². The van der Waals surface area contributed by atoms with Crippen molar-refractivity contribution in [1.82, 2.24) is 14.8 Å². The lowest BCUT2D eigenvalue weighted by atomic mass is 10.1. The molecule has 24 heavy (non-hydrogen) atoms. The first-order chi connectivity index (χ1) is 11.5. The summed E-state index contributed by atoms with van der Waals surface area (Å²) in [7, 11) is 0. The van der Waals surface area contributed by atoms with E-state index in [9.17, 15) is 9.59 Å². The number of carbonyl (C=O) groups excluding carboxylic acids is 2. The van der Waals surface area contributed by atoms with E-state index in [-0.39, 0.29) is 18.0 Å². The van der Waals surface area contributed by atoms with E-state index in [1.165, 1.54) is 0 Å². The Hall–Kier alpha value is -2.34. The number of hydrogen-bond acceptors (Lipinski definition) is 4. The molecule has 7 heteroatoms. The van der Waals surface area contributed by atoms with Crippen LogP contribution in [-0.2, 0) is 4.74 Å². The fourth-order valence-corrected chi connectivity index (χ4v) is 3.52. The minimum absolute atomic E-state index is 0.0620. The van der Waals surface area contributed by atoms with Gasteiger partial charge in [-0.3, -0.25) is 14.7 Å². The average molecular weight is 346 g/mol. The lowest BCUT2D eigenvalue weighted by Gasteiger charge is -2.35. The Morgan fingerprint density at radius 2 is 2.17 bits per heavy atom. The second kappa shape index (κ2) is 5.63. The van der Waals surface area contributed by atoms with Gasteiger partial charge in [-0.25, -0.2) is 4.79 Å². The summed E-state index contributed by atoms with van der Waals surface area (Å²) in [6.07, 6.45) is -0.288. The number of aryl methyl sites for hydroxylation is 1. The number of aromatic nitrogens is 1. The van der Waals surface area contributed by atoms with Gasteiger partial charge in [0, 0.05) is 35.7 Å². The van der Waals surface area contributed by atoms with E-state index in [4.69, 9.17) is 16.3 Å². The number of pyridine rings is 1. The summed E-state index contributed by atoms with van der Waals surface area (Å²) < 4.78 is 5.06. The van der Waals surface area contributed by atoms with Gasteiger partial charge in [0.2, 0.25) is 0 Å². The Morgan fingerprint density at radius 3 is 3.00 bits per heavy atom. The Labute approximate surface area is 144 Å². The molecule has 1 unspecified atom stereocenters. The molecule has 2 amide bonds. The molecule has 1 aromatic carbocycles. The van der Waals surface area contributed by atoms with Crippen LogP contribution in [0.4, 0.5) is 4.79 Å². The Balaban J connectivity index is 1.68. The predicted molar refractivity (Wildman–Crippen MR) is 89.2 cm³/mol. The van der Waals surface area contributed by atoms with Gasteiger partial charge >= 0.3 is 6.09 Å². The molecule has 0 aliphatic carbocycles. The van der Waals surface area contributed by atoms with Crippen molar-refractivity contribution >= 4 is 34.5 Å². The Kier molecular flexibility index (Phi) is 3.57. The summed E-state index contributed by atoms with van der Waals surface area (Å²) >= 11 is 6.10. The lowest BCUT2D eigenvalue weighted by Crippen LogP contribution is -2.53. The molecule has 0 spiro atoms. The summed E-state index contributed by atoms with van der Waals surface area (Å²) in [6, 6.07) is 7.10. The lowest BCUT2D eigenvalue weighted by molar-refractivity contribution is 0.0618. The molecule has 0 radical (unpaired) electrons. The van der Waals surface area contributed by atoms with Crippen molar-refractivity contribution in [2.45, 2.75) is 13.0 Å². The van der Waals surface area contributed by atoms with Crippen molar-refractivity contribution in [3.8, 4) is 0 Å². The number of nitrogens with zero attached hydrogens (tertiary/aromatic N) is 3. The Bertz CT molecular complexity index is 854. The maximum atomic E-state index is 13.1. The van der Waals surface area contributed by atoms with E-state index >= 15 is 0 Å². The normalized spacial score (nSPS) is 20.2. The SMILES string of the molecule is Cc1cc(C(=O)N2CCN3C(=O)OCC3C2)c2cc(Cl)ccc2n1. The van der Waals surface area contributed by atoms with E-state index in [0.29, 0.717) is 36.8 Å². The molecule has 0 N–H and O–H groups in total. The number of ether oxygens (including phenoxy) is 1. The van der Waals surface area contributed by atoms with Crippen molar-refractivity contribution in [3.63, 3.8) is 0 Å². The molecule has 2 saturated heterocycles. The van der Waals surface area contributed by atoms with Crippen LogP contribution < -0.4 is 0 Å². The summed E-state index contributed by atoms with van der Waals surface area (Å²) in [5, 5.41) is 1.32. The quantitative estimate of drug-likeness (QED) is 0.796. The third kappa shape index (κ3) is 2.47. The number of carbonyl (C=O) groups is 2. The van der Waals surface area contributed by atoms with E-state index < -0.39 is 0 Å². The van der Waals surface area contributed by atoms with Gasteiger partial charge in [-0.15, -0.1) is 0 Å². The molecular weight excluding hydrogens is 330 g/mol. The highest BCUT2D eigenvalue weighted by atomic mass is 35.5. The molecular formula is C17H16ClN3O3. The molecule has 1 aromatic heterocycles. The number of amides is 2. The number of hydrogen-bond donors (Lipinski definition) is 0. The Morgan fingerprint density at radius 1 is 1.33 bits per heavy atom. The van der Waals surface area contributed by atoms with Crippen LogP contribution in [-0.4, -0.2) is 59.1 Å². The maximum Gasteiger partial charge on any atom is 0.410 e. The zero-order valence-electron chi connectivity index (χ0n) is 13.2. The molecule has 1 atom stereocenters.